The molecule has 0 aliphatic heterocycles. The van der Waals surface area contributed by atoms with Crippen molar-refractivity contribution in [3.63, 3.8) is 0 Å². The number of alkyl carbamates (subject to hydrolysis) is 1. The molecule has 0 aliphatic rings. The van der Waals surface area contributed by atoms with Crippen LogP contribution in [0.3, 0.4) is 0 Å². The number of amidine groups is 1. The first-order valence-corrected chi connectivity index (χ1v) is 4.97. The van der Waals surface area contributed by atoms with E-state index in [1.807, 2.05) is 13.0 Å². The second-order valence-corrected chi connectivity index (χ2v) is 3.22. The predicted octanol–water partition coefficient (Wildman–Crippen LogP) is 1.22. The first-order valence-electron chi connectivity index (χ1n) is 4.97. The van der Waals surface area contributed by atoms with E-state index in [9.17, 15) is 4.79 Å². The van der Waals surface area contributed by atoms with Gasteiger partial charge in [0.25, 0.3) is 0 Å². The average molecular weight is 221 g/mol. The van der Waals surface area contributed by atoms with E-state index in [1.165, 1.54) is 0 Å². The van der Waals surface area contributed by atoms with Crippen LogP contribution in [0, 0.1) is 5.41 Å². The summed E-state index contributed by atoms with van der Waals surface area (Å²) in [6.07, 6.45) is -0.448. The summed E-state index contributed by atoms with van der Waals surface area (Å²) in [5.41, 5.74) is 6.78. The number of amides is 1. The predicted molar refractivity (Wildman–Crippen MR) is 61.3 cm³/mol. The zero-order valence-corrected chi connectivity index (χ0v) is 9.12. The van der Waals surface area contributed by atoms with Crippen LogP contribution in [-0.4, -0.2) is 18.5 Å². The molecule has 1 aromatic rings. The molecule has 0 aliphatic carbocycles. The van der Waals surface area contributed by atoms with Crippen LogP contribution in [0.2, 0.25) is 0 Å². The van der Waals surface area contributed by atoms with Crippen molar-refractivity contribution in [1.29, 1.82) is 5.41 Å². The third kappa shape index (κ3) is 3.61. The highest BCUT2D eigenvalue weighted by molar-refractivity contribution is 5.95. The second-order valence-electron chi connectivity index (χ2n) is 3.22. The lowest BCUT2D eigenvalue weighted by atomic mass is 10.1. The largest absolute Gasteiger partial charge is 0.445 e. The van der Waals surface area contributed by atoms with Gasteiger partial charge < -0.3 is 15.8 Å². The quantitative estimate of drug-likeness (QED) is 0.527. The Balaban J connectivity index is 2.57. The molecule has 0 saturated heterocycles. The van der Waals surface area contributed by atoms with E-state index in [1.54, 1.807) is 18.2 Å². The fraction of sp³-hybridized carbons (Fsp3) is 0.273. The highest BCUT2D eigenvalue weighted by atomic mass is 16.5. The Morgan fingerprint density at radius 2 is 2.31 bits per heavy atom. The van der Waals surface area contributed by atoms with Crippen LogP contribution in [0.5, 0.6) is 0 Å². The molecule has 16 heavy (non-hydrogen) atoms. The number of nitrogens with one attached hydrogen (secondary N) is 2. The molecule has 0 spiro atoms. The summed E-state index contributed by atoms with van der Waals surface area (Å²) < 4.78 is 4.94. The lowest BCUT2D eigenvalue weighted by Crippen LogP contribution is -2.23. The van der Waals surface area contributed by atoms with Crippen molar-refractivity contribution in [2.75, 3.05) is 6.54 Å². The molecule has 4 N–H and O–H groups in total. The summed E-state index contributed by atoms with van der Waals surface area (Å²) >= 11 is 0. The van der Waals surface area contributed by atoms with Crippen molar-refractivity contribution in [3.8, 4) is 0 Å². The topological polar surface area (TPSA) is 88.2 Å². The smallest absolute Gasteiger partial charge is 0.407 e. The summed E-state index contributed by atoms with van der Waals surface area (Å²) in [5, 5.41) is 9.80. The van der Waals surface area contributed by atoms with E-state index in [2.05, 4.69) is 5.32 Å². The molecule has 1 aromatic carbocycles. The van der Waals surface area contributed by atoms with E-state index in [0.717, 1.165) is 5.56 Å². The lowest BCUT2D eigenvalue weighted by molar-refractivity contribution is 0.140. The van der Waals surface area contributed by atoms with Gasteiger partial charge in [0.15, 0.2) is 0 Å². The van der Waals surface area contributed by atoms with E-state index >= 15 is 0 Å². The molecule has 0 atom stereocenters. The molecule has 0 bridgehead atoms. The third-order valence-electron chi connectivity index (χ3n) is 1.93. The standard InChI is InChI=1S/C11H15N3O2/c1-2-14-11(15)16-7-8-4-3-5-9(6-8)10(12)13/h3-6H,2,7H2,1H3,(H3,12,13)(H,14,15). The maximum atomic E-state index is 11.0. The van der Waals surface area contributed by atoms with Crippen LogP contribution in [0.4, 0.5) is 4.79 Å². The van der Waals surface area contributed by atoms with Gasteiger partial charge in [0.1, 0.15) is 12.4 Å². The van der Waals surface area contributed by atoms with Gasteiger partial charge >= 0.3 is 6.09 Å². The fourth-order valence-corrected chi connectivity index (χ4v) is 1.17. The number of nitrogens with two attached hydrogens (primary N) is 1. The highest BCUT2D eigenvalue weighted by Crippen LogP contribution is 2.06. The number of hydrogen-bond donors (Lipinski definition) is 3. The number of hydrogen-bond acceptors (Lipinski definition) is 3. The van der Waals surface area contributed by atoms with Gasteiger partial charge in [-0.15, -0.1) is 0 Å². The number of ether oxygens (including phenoxy) is 1. The first kappa shape index (κ1) is 12.0. The van der Waals surface area contributed by atoms with E-state index < -0.39 is 6.09 Å². The number of nitrogen functional groups attached to an aromatic ring is 1. The van der Waals surface area contributed by atoms with Crippen molar-refractivity contribution in [3.05, 3.63) is 35.4 Å². The zero-order chi connectivity index (χ0) is 12.0. The summed E-state index contributed by atoms with van der Waals surface area (Å²) in [4.78, 5) is 11.0. The molecule has 5 heteroatoms. The van der Waals surface area contributed by atoms with Crippen LogP contribution >= 0.6 is 0 Å². The van der Waals surface area contributed by atoms with Gasteiger partial charge in [-0.25, -0.2) is 4.79 Å². The summed E-state index contributed by atoms with van der Waals surface area (Å²) in [6, 6.07) is 7.04. The normalized spacial score (nSPS) is 9.56. The molecule has 0 radical (unpaired) electrons. The molecular formula is C11H15N3O2. The van der Waals surface area contributed by atoms with Gasteiger partial charge in [-0.1, -0.05) is 18.2 Å². The van der Waals surface area contributed by atoms with Crippen LogP contribution in [0.15, 0.2) is 24.3 Å². The van der Waals surface area contributed by atoms with Crippen molar-refractivity contribution in [2.45, 2.75) is 13.5 Å². The molecule has 0 fully saturated rings. The van der Waals surface area contributed by atoms with Crippen molar-refractivity contribution in [2.24, 2.45) is 5.73 Å². The maximum absolute atomic E-state index is 11.0. The highest BCUT2D eigenvalue weighted by Gasteiger charge is 2.02. The van der Waals surface area contributed by atoms with Gasteiger partial charge in [0.05, 0.1) is 0 Å². The molecule has 5 nitrogen and oxygen atoms in total. The van der Waals surface area contributed by atoms with Crippen LogP contribution < -0.4 is 11.1 Å². The zero-order valence-electron chi connectivity index (χ0n) is 9.12. The molecule has 0 unspecified atom stereocenters. The number of carbonyl (C=O) groups is 1. The summed E-state index contributed by atoms with van der Waals surface area (Å²) in [6.45, 7) is 2.52. The Hall–Kier alpha value is -2.04. The third-order valence-corrected chi connectivity index (χ3v) is 1.93. The van der Waals surface area contributed by atoms with Crippen molar-refractivity contribution < 1.29 is 9.53 Å². The lowest BCUT2D eigenvalue weighted by Gasteiger charge is -2.06. The van der Waals surface area contributed by atoms with Crippen LogP contribution in [-0.2, 0) is 11.3 Å². The summed E-state index contributed by atoms with van der Waals surface area (Å²) in [5.74, 6) is -0.000130. The van der Waals surface area contributed by atoms with Crippen LogP contribution in [0.1, 0.15) is 18.1 Å². The molecule has 1 rings (SSSR count). The maximum Gasteiger partial charge on any atom is 0.407 e. The van der Waals surface area contributed by atoms with Gasteiger partial charge in [-0.05, 0) is 18.6 Å². The Morgan fingerprint density at radius 3 is 2.94 bits per heavy atom. The summed E-state index contributed by atoms with van der Waals surface area (Å²) in [7, 11) is 0. The van der Waals surface area contributed by atoms with Gasteiger partial charge in [-0.3, -0.25) is 5.41 Å². The van der Waals surface area contributed by atoms with Gasteiger partial charge in [0.2, 0.25) is 0 Å². The Kier molecular flexibility index (Phi) is 4.32. The molecule has 86 valence electrons. The fourth-order valence-electron chi connectivity index (χ4n) is 1.17. The molecule has 0 heterocycles. The number of carbonyl (C=O) groups excluding carboxylic acids is 1. The van der Waals surface area contributed by atoms with Crippen LogP contribution in [0.25, 0.3) is 0 Å². The monoisotopic (exact) mass is 221 g/mol. The molecular weight excluding hydrogens is 206 g/mol. The van der Waals surface area contributed by atoms with E-state index in [-0.39, 0.29) is 12.4 Å². The first-order chi connectivity index (χ1) is 7.63. The van der Waals surface area contributed by atoms with E-state index in [0.29, 0.717) is 12.1 Å². The Labute approximate surface area is 94.1 Å². The Bertz CT molecular complexity index is 391. The van der Waals surface area contributed by atoms with Crippen molar-refractivity contribution >= 4 is 11.9 Å². The minimum absolute atomic E-state index is 0.000130. The van der Waals surface area contributed by atoms with Gasteiger partial charge in [0, 0.05) is 12.1 Å². The number of rotatable bonds is 4. The van der Waals surface area contributed by atoms with E-state index in [4.69, 9.17) is 15.9 Å². The second kappa shape index (κ2) is 5.75. The molecule has 1 amide bonds. The SMILES string of the molecule is CCNC(=O)OCc1cccc(C(=N)N)c1. The van der Waals surface area contributed by atoms with Crippen molar-refractivity contribution in [1.82, 2.24) is 5.32 Å². The average Bonchev–Trinajstić information content (AvgIpc) is 2.27. The number of benzene rings is 1. The minimum Gasteiger partial charge on any atom is -0.445 e. The van der Waals surface area contributed by atoms with Gasteiger partial charge in [-0.2, -0.15) is 0 Å². The minimum atomic E-state index is -0.448. The Morgan fingerprint density at radius 1 is 1.56 bits per heavy atom. The molecule has 0 saturated carbocycles. The molecule has 0 aromatic heterocycles.